The third kappa shape index (κ3) is 11.0. The molecule has 0 aromatic rings. The number of thioether (sulfide) groups is 1. The monoisotopic (exact) mass is 615 g/mol. The van der Waals surface area contributed by atoms with Crippen LogP contribution in [0, 0.1) is 29.6 Å². The van der Waals surface area contributed by atoms with Gasteiger partial charge in [0, 0.05) is 24.1 Å². The first-order valence-electron chi connectivity index (χ1n) is 15.1. The molecule has 2 rings (SSSR count). The van der Waals surface area contributed by atoms with Gasteiger partial charge < -0.3 is 31.1 Å². The van der Waals surface area contributed by atoms with E-state index in [1.165, 1.54) is 11.8 Å². The molecule has 2 heterocycles. The van der Waals surface area contributed by atoms with Gasteiger partial charge in [-0.3, -0.25) is 24.0 Å². The van der Waals surface area contributed by atoms with Gasteiger partial charge in [-0.25, -0.2) is 0 Å². The van der Waals surface area contributed by atoms with Crippen LogP contribution in [0.15, 0.2) is 0 Å². The van der Waals surface area contributed by atoms with E-state index in [1.54, 1.807) is 6.92 Å². The summed E-state index contributed by atoms with van der Waals surface area (Å²) in [6, 6.07) is -2.77. The Morgan fingerprint density at radius 2 is 1.62 bits per heavy atom. The van der Waals surface area contributed by atoms with Crippen LogP contribution in [0.1, 0.15) is 67.7 Å². The van der Waals surface area contributed by atoms with E-state index < -0.39 is 48.4 Å². The molecular weight excluding hydrogens is 562 g/mol. The van der Waals surface area contributed by atoms with Gasteiger partial charge >= 0.3 is 0 Å². The normalized spacial score (nSPS) is 23.7. The highest BCUT2D eigenvalue weighted by Crippen LogP contribution is 2.29. The molecule has 0 spiro atoms. The van der Waals surface area contributed by atoms with Crippen molar-refractivity contribution >= 4 is 35.4 Å². The van der Waals surface area contributed by atoms with E-state index in [2.05, 4.69) is 26.7 Å². The van der Waals surface area contributed by atoms with E-state index in [0.717, 1.165) is 0 Å². The van der Waals surface area contributed by atoms with Crippen molar-refractivity contribution in [1.82, 2.24) is 26.7 Å². The van der Waals surface area contributed by atoms with E-state index in [9.17, 15) is 24.3 Å². The molecule has 42 heavy (non-hydrogen) atoms. The number of hydrogen-bond donors (Lipinski definition) is 6. The topological polar surface area (TPSA) is 167 Å². The Balaban J connectivity index is 2.02. The summed E-state index contributed by atoms with van der Waals surface area (Å²) < 4.78 is 5.46. The number of aliphatic hydroxyl groups is 1. The van der Waals surface area contributed by atoms with Crippen LogP contribution in [-0.2, 0) is 28.8 Å². The van der Waals surface area contributed by atoms with E-state index in [0.29, 0.717) is 31.7 Å². The van der Waals surface area contributed by atoms with Crippen LogP contribution in [0.4, 0.5) is 0 Å². The first-order chi connectivity index (χ1) is 19.7. The summed E-state index contributed by atoms with van der Waals surface area (Å²) in [4.78, 5) is 57.5. The number of carbonyl (C=O) groups is 4. The summed E-state index contributed by atoms with van der Waals surface area (Å²) >= 11 is 1.42. The lowest BCUT2D eigenvalue weighted by molar-refractivity contribution is -0.135. The standard InChI is InChI=1S/C29H53N5O7S/c1-15(2)11-20(22(35)12-18(7)25(36)33-23(17(5)6)27(38)30-13-16(3)4)31-26(37)21(14-42-8)32-28(39)24-19-9-10-40-29(19)41-34-24/h15-24,29,34-35H,9-14H2,1-8H3,(H,30,38)(H,31,37)(H,32,39)(H,33,36)/t18-,19-,20+,21+,22+,23+,24-,29+/m1/s1. The molecule has 0 saturated carbocycles. The molecule has 6 N–H and O–H groups in total. The smallest absolute Gasteiger partial charge is 0.243 e. The number of hydroxylamine groups is 1. The lowest BCUT2D eigenvalue weighted by Gasteiger charge is -2.30. The third-order valence-corrected chi connectivity index (χ3v) is 8.23. The number of nitrogens with one attached hydrogen (secondary N) is 5. The average Bonchev–Trinajstić information content (AvgIpc) is 3.53. The second-order valence-corrected chi connectivity index (χ2v) is 13.7. The molecule has 0 unspecified atom stereocenters. The van der Waals surface area contributed by atoms with Gasteiger partial charge in [-0.1, -0.05) is 48.5 Å². The summed E-state index contributed by atoms with van der Waals surface area (Å²) in [6.07, 6.45) is 1.61. The van der Waals surface area contributed by atoms with Crippen LogP contribution >= 0.6 is 11.8 Å². The van der Waals surface area contributed by atoms with Crippen molar-refractivity contribution < 1.29 is 33.9 Å². The maximum absolute atomic E-state index is 13.4. The van der Waals surface area contributed by atoms with Gasteiger partial charge in [0.1, 0.15) is 18.1 Å². The van der Waals surface area contributed by atoms with E-state index in [-0.39, 0.29) is 47.8 Å². The zero-order valence-electron chi connectivity index (χ0n) is 26.4. The highest BCUT2D eigenvalue weighted by molar-refractivity contribution is 7.98. The zero-order chi connectivity index (χ0) is 31.6. The largest absolute Gasteiger partial charge is 0.391 e. The summed E-state index contributed by atoms with van der Waals surface area (Å²) in [7, 11) is 0. The number of rotatable bonds is 17. The average molecular weight is 616 g/mol. The highest BCUT2D eigenvalue weighted by atomic mass is 32.2. The van der Waals surface area contributed by atoms with Crippen molar-refractivity contribution in [3.8, 4) is 0 Å². The van der Waals surface area contributed by atoms with Crippen LogP contribution < -0.4 is 26.7 Å². The number of hydrogen-bond acceptors (Lipinski definition) is 9. The zero-order valence-corrected chi connectivity index (χ0v) is 27.2. The van der Waals surface area contributed by atoms with Crippen molar-refractivity contribution in [2.24, 2.45) is 29.6 Å². The Bertz CT molecular complexity index is 906. The van der Waals surface area contributed by atoms with Crippen LogP contribution in [0.3, 0.4) is 0 Å². The van der Waals surface area contributed by atoms with Gasteiger partial charge in [-0.15, -0.1) is 0 Å². The minimum Gasteiger partial charge on any atom is -0.391 e. The first-order valence-corrected chi connectivity index (χ1v) is 16.5. The number of carbonyl (C=O) groups excluding carboxylic acids is 4. The fourth-order valence-corrected chi connectivity index (χ4v) is 5.66. The summed E-state index contributed by atoms with van der Waals surface area (Å²) in [6.45, 7) is 14.4. The molecule has 4 amide bonds. The lowest BCUT2D eigenvalue weighted by Crippen LogP contribution is -2.57. The van der Waals surface area contributed by atoms with Crippen molar-refractivity contribution in [3.05, 3.63) is 0 Å². The molecule has 2 saturated heterocycles. The molecule has 2 aliphatic rings. The molecule has 0 aromatic carbocycles. The van der Waals surface area contributed by atoms with Gasteiger partial charge in [0.2, 0.25) is 23.6 Å². The fourth-order valence-electron chi connectivity index (χ4n) is 5.09. The minimum absolute atomic E-state index is 0.0912. The number of ether oxygens (including phenoxy) is 1. The Hall–Kier alpha value is -1.93. The number of aliphatic hydroxyl groups excluding tert-OH is 1. The molecule has 0 bridgehead atoms. The van der Waals surface area contributed by atoms with Crippen molar-refractivity contribution in [3.63, 3.8) is 0 Å². The highest BCUT2D eigenvalue weighted by Gasteiger charge is 2.46. The molecular formula is C29H53N5O7S. The van der Waals surface area contributed by atoms with E-state index in [4.69, 9.17) is 9.57 Å². The predicted molar refractivity (Wildman–Crippen MR) is 162 cm³/mol. The summed E-state index contributed by atoms with van der Waals surface area (Å²) in [5, 5.41) is 22.7. The lowest BCUT2D eigenvalue weighted by atomic mass is 9.91. The number of fused-ring (bicyclic) bond motifs is 1. The fraction of sp³-hybridized carbons (Fsp3) is 0.862. The molecule has 0 aromatic heterocycles. The van der Waals surface area contributed by atoms with Crippen molar-refractivity contribution in [2.45, 2.75) is 104 Å². The van der Waals surface area contributed by atoms with Gasteiger partial charge in [-0.2, -0.15) is 17.2 Å². The Morgan fingerprint density at radius 3 is 2.21 bits per heavy atom. The molecule has 12 nitrogen and oxygen atoms in total. The maximum Gasteiger partial charge on any atom is 0.243 e. The molecule has 2 fully saturated rings. The van der Waals surface area contributed by atoms with Crippen LogP contribution in [0.5, 0.6) is 0 Å². The summed E-state index contributed by atoms with van der Waals surface area (Å²) in [5.41, 5.74) is 2.72. The van der Waals surface area contributed by atoms with Crippen LogP contribution in [0.2, 0.25) is 0 Å². The molecule has 13 heteroatoms. The van der Waals surface area contributed by atoms with E-state index in [1.807, 2.05) is 47.8 Å². The quantitative estimate of drug-likeness (QED) is 0.140. The minimum atomic E-state index is -1.02. The Morgan fingerprint density at radius 1 is 0.929 bits per heavy atom. The summed E-state index contributed by atoms with van der Waals surface area (Å²) in [5.74, 6) is -1.39. The first kappa shape index (κ1) is 36.3. The second kappa shape index (κ2) is 17.4. The maximum atomic E-state index is 13.4. The molecule has 2 aliphatic heterocycles. The van der Waals surface area contributed by atoms with Gasteiger partial charge in [0.25, 0.3) is 0 Å². The van der Waals surface area contributed by atoms with E-state index >= 15 is 0 Å². The van der Waals surface area contributed by atoms with Gasteiger partial charge in [0.15, 0.2) is 6.29 Å². The predicted octanol–water partition coefficient (Wildman–Crippen LogP) is 0.931. The van der Waals surface area contributed by atoms with Crippen molar-refractivity contribution in [2.75, 3.05) is 25.2 Å². The Labute approximate surface area is 254 Å². The molecule has 242 valence electrons. The molecule has 0 aliphatic carbocycles. The molecule has 0 radical (unpaired) electrons. The number of amides is 4. The molecule has 8 atom stereocenters. The van der Waals surface area contributed by atoms with Gasteiger partial charge in [0.05, 0.1) is 18.8 Å². The van der Waals surface area contributed by atoms with Crippen molar-refractivity contribution in [1.29, 1.82) is 0 Å². The third-order valence-electron chi connectivity index (χ3n) is 7.56. The second-order valence-electron chi connectivity index (χ2n) is 12.7. The van der Waals surface area contributed by atoms with Crippen LogP contribution in [-0.4, -0.2) is 90.5 Å². The van der Waals surface area contributed by atoms with Crippen LogP contribution in [0.25, 0.3) is 0 Å². The Kier molecular flexibility index (Phi) is 15.0. The SMILES string of the molecule is CSC[C@H](NC(=O)[C@@H]1NO[C@@H]2OCC[C@@H]21)C(=O)N[C@@H](CC(C)C)[C@@H](O)C[C@@H](C)C(=O)N[C@H](C(=O)NCC(C)C)C(C)C. The van der Waals surface area contributed by atoms with Gasteiger partial charge in [-0.05, 0) is 43.3 Å².